The molecule has 1 atom stereocenters. The molecule has 0 amide bonds. The van der Waals surface area contributed by atoms with E-state index in [1.54, 1.807) is 6.07 Å². The van der Waals surface area contributed by atoms with Gasteiger partial charge in [-0.05, 0) is 42.2 Å². The van der Waals surface area contributed by atoms with E-state index in [9.17, 15) is 4.39 Å². The van der Waals surface area contributed by atoms with E-state index in [1.807, 2.05) is 6.07 Å². The van der Waals surface area contributed by atoms with Crippen LogP contribution in [0.3, 0.4) is 0 Å². The summed E-state index contributed by atoms with van der Waals surface area (Å²) in [5, 5.41) is 0. The standard InChI is InChI=1S/C16H17FN2/c1-11-8-12-4-2-3-5-15(12)19(10-11)16-7-6-13(17)9-14(16)18/h2-7,9,11H,8,10,18H2,1H3. The number of nitrogen functional groups attached to an aromatic ring is 1. The lowest BCUT2D eigenvalue weighted by Crippen LogP contribution is -2.30. The quantitative estimate of drug-likeness (QED) is 0.788. The largest absolute Gasteiger partial charge is 0.397 e. The minimum atomic E-state index is -0.292. The third kappa shape index (κ3) is 2.16. The molecule has 1 unspecified atom stereocenters. The number of benzene rings is 2. The Hall–Kier alpha value is -2.03. The van der Waals surface area contributed by atoms with Gasteiger partial charge in [0.1, 0.15) is 5.82 Å². The zero-order chi connectivity index (χ0) is 13.4. The third-order valence-electron chi connectivity index (χ3n) is 3.63. The highest BCUT2D eigenvalue weighted by atomic mass is 19.1. The van der Waals surface area contributed by atoms with Gasteiger partial charge in [0.15, 0.2) is 0 Å². The second kappa shape index (κ2) is 4.57. The maximum Gasteiger partial charge on any atom is 0.125 e. The van der Waals surface area contributed by atoms with Crippen LogP contribution in [0.1, 0.15) is 12.5 Å². The Morgan fingerprint density at radius 2 is 1.95 bits per heavy atom. The Morgan fingerprint density at radius 1 is 1.16 bits per heavy atom. The smallest absolute Gasteiger partial charge is 0.125 e. The van der Waals surface area contributed by atoms with Crippen LogP contribution in [0, 0.1) is 11.7 Å². The maximum absolute atomic E-state index is 13.2. The number of nitrogens with zero attached hydrogens (tertiary/aromatic N) is 1. The minimum Gasteiger partial charge on any atom is -0.397 e. The lowest BCUT2D eigenvalue weighted by atomic mass is 9.93. The van der Waals surface area contributed by atoms with Crippen molar-refractivity contribution in [1.82, 2.24) is 0 Å². The normalized spacial score (nSPS) is 18.2. The van der Waals surface area contributed by atoms with Gasteiger partial charge >= 0.3 is 0 Å². The van der Waals surface area contributed by atoms with Crippen molar-refractivity contribution >= 4 is 17.1 Å². The first kappa shape index (κ1) is 12.0. The Balaban J connectivity index is 2.10. The molecule has 1 aliphatic rings. The van der Waals surface area contributed by atoms with Gasteiger partial charge in [0, 0.05) is 12.2 Å². The average Bonchev–Trinajstić information content (AvgIpc) is 2.38. The Bertz CT molecular complexity index is 609. The third-order valence-corrected chi connectivity index (χ3v) is 3.63. The van der Waals surface area contributed by atoms with Crippen LogP contribution < -0.4 is 10.6 Å². The Kier molecular flexibility index (Phi) is 2.90. The molecule has 3 heteroatoms. The van der Waals surface area contributed by atoms with E-state index >= 15 is 0 Å². The summed E-state index contributed by atoms with van der Waals surface area (Å²) in [6.45, 7) is 3.13. The molecule has 0 fully saturated rings. The van der Waals surface area contributed by atoms with E-state index in [1.165, 1.54) is 23.4 Å². The molecule has 2 nitrogen and oxygen atoms in total. The van der Waals surface area contributed by atoms with E-state index < -0.39 is 0 Å². The van der Waals surface area contributed by atoms with Crippen molar-refractivity contribution in [2.75, 3.05) is 17.2 Å². The van der Waals surface area contributed by atoms with Crippen LogP contribution in [0.2, 0.25) is 0 Å². The topological polar surface area (TPSA) is 29.3 Å². The predicted octanol–water partition coefficient (Wildman–Crippen LogP) is 3.74. The van der Waals surface area contributed by atoms with Crippen LogP contribution in [0.5, 0.6) is 0 Å². The fourth-order valence-electron chi connectivity index (χ4n) is 2.80. The number of hydrogen-bond donors (Lipinski definition) is 1. The summed E-state index contributed by atoms with van der Waals surface area (Å²) in [7, 11) is 0. The highest BCUT2D eigenvalue weighted by Crippen LogP contribution is 2.37. The molecule has 2 N–H and O–H groups in total. The highest BCUT2D eigenvalue weighted by Gasteiger charge is 2.23. The van der Waals surface area contributed by atoms with Crippen molar-refractivity contribution < 1.29 is 4.39 Å². The molecule has 0 saturated carbocycles. The van der Waals surface area contributed by atoms with E-state index in [0.29, 0.717) is 11.6 Å². The summed E-state index contributed by atoms with van der Waals surface area (Å²) >= 11 is 0. The lowest BCUT2D eigenvalue weighted by molar-refractivity contribution is 0.562. The molecule has 0 aromatic heterocycles. The summed E-state index contributed by atoms with van der Waals surface area (Å²) in [4.78, 5) is 2.19. The summed E-state index contributed by atoms with van der Waals surface area (Å²) in [6.07, 6.45) is 1.08. The molecule has 0 radical (unpaired) electrons. The van der Waals surface area contributed by atoms with Gasteiger partial charge in [-0.1, -0.05) is 25.1 Å². The first-order chi connectivity index (χ1) is 9.15. The van der Waals surface area contributed by atoms with Crippen molar-refractivity contribution in [3.8, 4) is 0 Å². The van der Waals surface area contributed by atoms with Gasteiger partial charge in [-0.25, -0.2) is 4.39 Å². The molecule has 1 heterocycles. The molecule has 0 saturated heterocycles. The number of halogens is 1. The number of fused-ring (bicyclic) bond motifs is 1. The summed E-state index contributed by atoms with van der Waals surface area (Å²) < 4.78 is 13.2. The molecule has 0 bridgehead atoms. The average molecular weight is 256 g/mol. The molecule has 19 heavy (non-hydrogen) atoms. The van der Waals surface area contributed by atoms with Crippen LogP contribution in [0.15, 0.2) is 42.5 Å². The van der Waals surface area contributed by atoms with Crippen LogP contribution >= 0.6 is 0 Å². The lowest BCUT2D eigenvalue weighted by Gasteiger charge is -2.35. The van der Waals surface area contributed by atoms with Gasteiger partial charge in [0.05, 0.1) is 11.4 Å². The van der Waals surface area contributed by atoms with E-state index in [-0.39, 0.29) is 5.82 Å². The number of nitrogens with two attached hydrogens (primary N) is 1. The predicted molar refractivity (Wildman–Crippen MR) is 77.1 cm³/mol. The monoisotopic (exact) mass is 256 g/mol. The van der Waals surface area contributed by atoms with Crippen molar-refractivity contribution in [1.29, 1.82) is 0 Å². The van der Waals surface area contributed by atoms with Crippen molar-refractivity contribution in [3.05, 3.63) is 53.8 Å². The molecular weight excluding hydrogens is 239 g/mol. The van der Waals surface area contributed by atoms with Gasteiger partial charge in [-0.15, -0.1) is 0 Å². The van der Waals surface area contributed by atoms with Crippen LogP contribution in [0.25, 0.3) is 0 Å². The fourth-order valence-corrected chi connectivity index (χ4v) is 2.80. The Labute approximate surface area is 112 Å². The van der Waals surface area contributed by atoms with E-state index in [0.717, 1.165) is 18.7 Å². The number of rotatable bonds is 1. The second-order valence-electron chi connectivity index (χ2n) is 5.25. The zero-order valence-corrected chi connectivity index (χ0v) is 10.9. The SMILES string of the molecule is CC1Cc2ccccc2N(c2ccc(F)cc2N)C1. The molecule has 2 aromatic rings. The Morgan fingerprint density at radius 3 is 2.74 bits per heavy atom. The van der Waals surface area contributed by atoms with Crippen molar-refractivity contribution in [3.63, 3.8) is 0 Å². The van der Waals surface area contributed by atoms with Crippen molar-refractivity contribution in [2.24, 2.45) is 5.92 Å². The van der Waals surface area contributed by atoms with Crippen molar-refractivity contribution in [2.45, 2.75) is 13.3 Å². The maximum atomic E-state index is 13.2. The first-order valence-electron chi connectivity index (χ1n) is 6.55. The molecule has 0 aliphatic carbocycles. The van der Waals surface area contributed by atoms with Gasteiger partial charge in [-0.3, -0.25) is 0 Å². The molecule has 2 aromatic carbocycles. The number of hydrogen-bond acceptors (Lipinski definition) is 2. The molecular formula is C16H17FN2. The summed E-state index contributed by atoms with van der Waals surface area (Å²) in [6, 6.07) is 13.0. The summed E-state index contributed by atoms with van der Waals surface area (Å²) in [5.74, 6) is 0.263. The van der Waals surface area contributed by atoms with Crippen LogP contribution in [-0.4, -0.2) is 6.54 Å². The van der Waals surface area contributed by atoms with E-state index in [4.69, 9.17) is 5.73 Å². The van der Waals surface area contributed by atoms with E-state index in [2.05, 4.69) is 30.0 Å². The molecule has 1 aliphatic heterocycles. The number of para-hydroxylation sites is 1. The second-order valence-corrected chi connectivity index (χ2v) is 5.25. The van der Waals surface area contributed by atoms with Gasteiger partial charge in [-0.2, -0.15) is 0 Å². The molecule has 98 valence electrons. The molecule has 0 spiro atoms. The minimum absolute atomic E-state index is 0.292. The first-order valence-corrected chi connectivity index (χ1v) is 6.55. The fraction of sp³-hybridized carbons (Fsp3) is 0.250. The zero-order valence-electron chi connectivity index (χ0n) is 10.9. The van der Waals surface area contributed by atoms with Crippen LogP contribution in [0.4, 0.5) is 21.5 Å². The van der Waals surface area contributed by atoms with Gasteiger partial charge in [0.2, 0.25) is 0 Å². The highest BCUT2D eigenvalue weighted by molar-refractivity contribution is 5.77. The molecule has 3 rings (SSSR count). The summed E-state index contributed by atoms with van der Waals surface area (Å²) in [5.41, 5.74) is 9.86. The van der Waals surface area contributed by atoms with Gasteiger partial charge in [0.25, 0.3) is 0 Å². The van der Waals surface area contributed by atoms with Crippen LogP contribution in [-0.2, 0) is 6.42 Å². The number of anilines is 3. The van der Waals surface area contributed by atoms with Gasteiger partial charge < -0.3 is 10.6 Å².